The van der Waals surface area contributed by atoms with Crippen molar-refractivity contribution < 1.29 is 38.2 Å². The molecule has 4 heterocycles. The van der Waals surface area contributed by atoms with Crippen LogP contribution in [0.4, 0.5) is 8.78 Å². The van der Waals surface area contributed by atoms with E-state index in [0.717, 1.165) is 97.0 Å². The highest BCUT2D eigenvalue weighted by molar-refractivity contribution is 6.43. The minimum Gasteiger partial charge on any atom is -0.394 e. The van der Waals surface area contributed by atoms with E-state index >= 15 is 0 Å². The van der Waals surface area contributed by atoms with Crippen LogP contribution < -0.4 is 0 Å². The van der Waals surface area contributed by atoms with Gasteiger partial charge in [-0.3, -0.25) is 19.2 Å². The number of hydrogen-bond acceptors (Lipinski definition) is 8. The normalized spacial score (nSPS) is 14.4. The third-order valence-corrected chi connectivity index (χ3v) is 17.8. The molecule has 2 N–H and O–H groups in total. The molecule has 10 rings (SSSR count). The second kappa shape index (κ2) is 30.7. The van der Waals surface area contributed by atoms with E-state index in [2.05, 4.69) is 27.7 Å². The smallest absolute Gasteiger partial charge is 0.274 e. The van der Waals surface area contributed by atoms with Crippen molar-refractivity contribution in [2.75, 3.05) is 39.4 Å². The summed E-state index contributed by atoms with van der Waals surface area (Å²) in [5.41, 5.74) is 10.3. The molecule has 90 heavy (non-hydrogen) atoms. The molecular weight excluding hydrogens is 1180 g/mol. The first-order valence-electron chi connectivity index (χ1n) is 31.4. The molecule has 2 aliphatic heterocycles. The van der Waals surface area contributed by atoms with Gasteiger partial charge in [-0.2, -0.15) is 10.2 Å². The number of unbranched alkanes of at least 4 members (excludes halogenated alkanes) is 4. The van der Waals surface area contributed by atoms with Crippen LogP contribution in [0.2, 0.25) is 10.0 Å². The zero-order chi connectivity index (χ0) is 64.2. The Morgan fingerprint density at radius 2 is 0.922 bits per heavy atom. The summed E-state index contributed by atoms with van der Waals surface area (Å²) in [4.78, 5) is 63.3. The number of carbonyl (C=O) groups is 4. The third kappa shape index (κ3) is 14.9. The van der Waals surface area contributed by atoms with Crippen LogP contribution in [0, 0.1) is 25.5 Å². The topological polar surface area (TPSA) is 157 Å². The molecule has 2 atom stereocenters. The first kappa shape index (κ1) is 66.4. The zero-order valence-corrected chi connectivity index (χ0v) is 53.7. The van der Waals surface area contributed by atoms with Gasteiger partial charge in [-0.25, -0.2) is 18.1 Å². The van der Waals surface area contributed by atoms with Gasteiger partial charge < -0.3 is 29.8 Å². The highest BCUT2D eigenvalue weighted by atomic mass is 35.5. The highest BCUT2D eigenvalue weighted by Crippen LogP contribution is 2.37. The van der Waals surface area contributed by atoms with Gasteiger partial charge in [-0.15, -0.1) is 0 Å². The average molecular weight is 1260 g/mol. The largest absolute Gasteiger partial charge is 0.394 e. The molecule has 6 aromatic carbocycles. The summed E-state index contributed by atoms with van der Waals surface area (Å²) in [6.45, 7) is 15.1. The van der Waals surface area contributed by atoms with E-state index < -0.39 is 17.7 Å². The van der Waals surface area contributed by atoms with Gasteiger partial charge in [0.1, 0.15) is 0 Å². The molecule has 0 radical (unpaired) electrons. The van der Waals surface area contributed by atoms with E-state index in [1.54, 1.807) is 55.6 Å². The number of nitrogens with zero attached hydrogens (tertiary/aromatic N) is 8. The molecule has 0 fully saturated rings. The van der Waals surface area contributed by atoms with Crippen molar-refractivity contribution in [3.63, 3.8) is 0 Å². The lowest BCUT2D eigenvalue weighted by molar-refractivity contribution is 0.0539. The maximum absolute atomic E-state index is 14.5. The lowest BCUT2D eigenvalue weighted by Crippen LogP contribution is -2.46. The van der Waals surface area contributed by atoms with E-state index in [9.17, 15) is 38.2 Å². The Hall–Kier alpha value is -8.02. The van der Waals surface area contributed by atoms with Crippen LogP contribution in [0.15, 0.2) is 133 Å². The molecule has 0 saturated heterocycles. The molecule has 2 aliphatic rings. The zero-order valence-electron chi connectivity index (χ0n) is 52.2. The number of aromatic nitrogens is 4. The molecule has 14 nitrogen and oxygen atoms in total. The quantitative estimate of drug-likeness (QED) is 0.0679. The summed E-state index contributed by atoms with van der Waals surface area (Å²) >= 11 is 13.0. The van der Waals surface area contributed by atoms with Crippen LogP contribution in [0.5, 0.6) is 0 Å². The number of amides is 4. The Morgan fingerprint density at radius 1 is 0.511 bits per heavy atom. The fourth-order valence-corrected chi connectivity index (χ4v) is 12.2. The first-order chi connectivity index (χ1) is 43.5. The lowest BCUT2D eigenvalue weighted by atomic mass is 9.93. The van der Waals surface area contributed by atoms with Crippen molar-refractivity contribution in [2.45, 2.75) is 131 Å². The van der Waals surface area contributed by atoms with Gasteiger partial charge in [0.15, 0.2) is 23.0 Å². The number of fused-ring (bicyclic) bond motifs is 2. The Bertz CT molecular complexity index is 3850. The van der Waals surface area contributed by atoms with Gasteiger partial charge in [-0.1, -0.05) is 155 Å². The standard InChI is InChI=1S/C36H40Cl2N4O3.C36H40F2N4O3/c1-4-6-17-40(18-7-5-2)36(45)32-19-24(3)42(39-32)33-16-15-26(29-13-10-14-31(37)34(29)38)21-30(33)35(44)41-22-27-12-9-8-11-25(27)20-28(41)23-43;1-4-6-16-40(17-7-5-2)36(45)33-18-24(3)42(39-33)34-15-13-26(27-12-14-31(37)32(38)21-27)20-30(34)35(44)41-22-28-11-9-8-10-25(28)19-29(41)23-43/h8-16,19,21,28,43H,4-7,17-18,20,22-23H2,1-3H3;8-15,18,20-21,29,43H,4-7,16-17,19,22-23H2,1-3H3/t28-;29-/m00/s1. The van der Waals surface area contributed by atoms with Gasteiger partial charge >= 0.3 is 0 Å². The van der Waals surface area contributed by atoms with Gasteiger partial charge in [0.05, 0.1) is 57.8 Å². The van der Waals surface area contributed by atoms with E-state index in [4.69, 9.17) is 33.4 Å². The molecule has 0 saturated carbocycles. The van der Waals surface area contributed by atoms with Crippen LogP contribution in [0.25, 0.3) is 33.6 Å². The SMILES string of the molecule is CCCCN(CCCC)C(=O)c1cc(C)n(-c2ccc(-c3ccc(F)c(F)c3)cc2C(=O)N2Cc3ccccc3C[C@H]2CO)n1.CCCCN(CCCC)C(=O)c1cc(C)n(-c2ccc(-c3cccc(Cl)c3Cl)cc2C(=O)N2Cc3ccccc3C[C@H]2CO)n1. The summed E-state index contributed by atoms with van der Waals surface area (Å²) in [5, 5.41) is 31.0. The Balaban J connectivity index is 0.000000213. The van der Waals surface area contributed by atoms with Crippen molar-refractivity contribution in [2.24, 2.45) is 0 Å². The van der Waals surface area contributed by atoms with Crippen molar-refractivity contribution >= 4 is 46.8 Å². The summed E-state index contributed by atoms with van der Waals surface area (Å²) in [7, 11) is 0. The predicted molar refractivity (Wildman–Crippen MR) is 351 cm³/mol. The van der Waals surface area contributed by atoms with Crippen LogP contribution >= 0.6 is 23.2 Å². The second-order valence-corrected chi connectivity index (χ2v) is 24.1. The molecular formula is C72H80Cl2F2N8O6. The number of halogens is 4. The van der Waals surface area contributed by atoms with E-state index in [1.807, 2.05) is 103 Å². The van der Waals surface area contributed by atoms with E-state index in [0.29, 0.717) is 113 Å². The maximum Gasteiger partial charge on any atom is 0.274 e. The Labute approximate surface area is 536 Å². The highest BCUT2D eigenvalue weighted by Gasteiger charge is 2.35. The van der Waals surface area contributed by atoms with Crippen LogP contribution in [0.3, 0.4) is 0 Å². The molecule has 18 heteroatoms. The fraction of sp³-hybridized carbons (Fsp3) is 0.361. The molecule has 0 spiro atoms. The number of aliphatic hydroxyl groups is 2. The van der Waals surface area contributed by atoms with E-state index in [-0.39, 0.29) is 48.4 Å². The number of aliphatic hydroxyl groups excluding tert-OH is 2. The summed E-state index contributed by atoms with van der Waals surface area (Å²) in [5.74, 6) is -2.79. The summed E-state index contributed by atoms with van der Waals surface area (Å²) < 4.78 is 31.2. The molecule has 472 valence electrons. The number of benzene rings is 6. The molecule has 2 aromatic heterocycles. The van der Waals surface area contributed by atoms with Crippen LogP contribution in [-0.4, -0.2) is 124 Å². The van der Waals surface area contributed by atoms with Gasteiger partial charge in [0, 0.05) is 56.2 Å². The summed E-state index contributed by atoms with van der Waals surface area (Å²) in [6.07, 6.45) is 8.61. The first-order valence-corrected chi connectivity index (χ1v) is 32.2. The van der Waals surface area contributed by atoms with Crippen LogP contribution in [0.1, 0.15) is 154 Å². The molecule has 0 unspecified atom stereocenters. The van der Waals surface area contributed by atoms with Crippen molar-refractivity contribution in [3.8, 4) is 33.6 Å². The number of carbonyl (C=O) groups excluding carboxylic acids is 4. The summed E-state index contributed by atoms with van der Waals surface area (Å²) in [6, 6.07) is 38.2. The monoisotopic (exact) mass is 1260 g/mol. The molecule has 4 amide bonds. The number of hydrogen-bond donors (Lipinski definition) is 2. The maximum atomic E-state index is 14.5. The van der Waals surface area contributed by atoms with Crippen molar-refractivity contribution in [1.29, 1.82) is 0 Å². The van der Waals surface area contributed by atoms with Crippen molar-refractivity contribution in [3.05, 3.63) is 211 Å². The van der Waals surface area contributed by atoms with Crippen molar-refractivity contribution in [1.82, 2.24) is 39.2 Å². The minimum atomic E-state index is -0.987. The van der Waals surface area contributed by atoms with E-state index in [1.165, 1.54) is 6.07 Å². The number of rotatable bonds is 22. The molecule has 8 aromatic rings. The Kier molecular flexibility index (Phi) is 22.6. The molecule has 0 bridgehead atoms. The van der Waals surface area contributed by atoms with Gasteiger partial charge in [0.25, 0.3) is 23.6 Å². The Morgan fingerprint density at radius 3 is 1.36 bits per heavy atom. The predicted octanol–water partition coefficient (Wildman–Crippen LogP) is 14.5. The fourth-order valence-electron chi connectivity index (χ4n) is 11.8. The van der Waals surface area contributed by atoms with Crippen LogP contribution in [-0.2, 0) is 25.9 Å². The second-order valence-electron chi connectivity index (χ2n) is 23.3. The van der Waals surface area contributed by atoms with Gasteiger partial charge in [0.2, 0.25) is 0 Å². The third-order valence-electron chi connectivity index (χ3n) is 17.0. The number of aryl methyl sites for hydroxylation is 2. The average Bonchev–Trinajstić information content (AvgIpc) is 1.30. The van der Waals surface area contributed by atoms with Gasteiger partial charge in [-0.05, 0) is 146 Å². The minimum absolute atomic E-state index is 0.109. The molecule has 0 aliphatic carbocycles. The lowest BCUT2D eigenvalue weighted by Gasteiger charge is -2.36.